The van der Waals surface area contributed by atoms with E-state index in [1.54, 1.807) is 0 Å². The molecule has 0 aliphatic carbocycles. The molecule has 0 aliphatic rings. The summed E-state index contributed by atoms with van der Waals surface area (Å²) in [5.74, 6) is 3.19. The third kappa shape index (κ3) is 5.34. The van der Waals surface area contributed by atoms with Crippen LogP contribution in [0.1, 0.15) is 33.6 Å². The second-order valence-electron chi connectivity index (χ2n) is 3.85. The fourth-order valence-electron chi connectivity index (χ4n) is 1.50. The zero-order chi connectivity index (χ0) is 14.2. The highest BCUT2D eigenvalue weighted by Crippen LogP contribution is 2.12. The van der Waals surface area contributed by atoms with Crippen LogP contribution in [0.5, 0.6) is 0 Å². The van der Waals surface area contributed by atoms with Crippen LogP contribution in [0.4, 0.5) is 0 Å². The number of carbonyl (C=O) groups excluding carboxylic acids is 2. The van der Waals surface area contributed by atoms with Gasteiger partial charge in [-0.3, -0.25) is 9.59 Å². The fourth-order valence-corrected chi connectivity index (χ4v) is 1.50. The second-order valence-corrected chi connectivity index (χ2v) is 3.85. The third-order valence-electron chi connectivity index (χ3n) is 2.20. The van der Waals surface area contributed by atoms with E-state index in [-0.39, 0.29) is 12.3 Å². The number of carboxylic acid groups (broad SMARTS) is 1. The van der Waals surface area contributed by atoms with Crippen LogP contribution in [0, 0.1) is 11.8 Å². The minimum Gasteiger partial charge on any atom is -0.479 e. The zero-order valence-electron chi connectivity index (χ0n) is 10.8. The Morgan fingerprint density at radius 3 is 2.22 bits per heavy atom. The lowest BCUT2D eigenvalue weighted by atomic mass is 9.93. The molecule has 0 aromatic carbocycles. The Morgan fingerprint density at radius 2 is 1.83 bits per heavy atom. The first-order chi connectivity index (χ1) is 8.34. The Hall–Kier alpha value is -2.03. The maximum Gasteiger partial charge on any atom is 0.342 e. The third-order valence-corrected chi connectivity index (χ3v) is 2.20. The van der Waals surface area contributed by atoms with E-state index in [9.17, 15) is 19.5 Å². The molecule has 18 heavy (non-hydrogen) atoms. The lowest BCUT2D eigenvalue weighted by Gasteiger charge is -2.24. The predicted octanol–water partition coefficient (Wildman–Crippen LogP) is -0.114. The predicted molar refractivity (Wildman–Crippen MR) is 65.6 cm³/mol. The van der Waals surface area contributed by atoms with Crippen LogP contribution in [0.15, 0.2) is 0 Å². The minimum atomic E-state index is -1.58. The number of aliphatic carboxylic acids is 1. The molecule has 6 nitrogen and oxygen atoms in total. The van der Waals surface area contributed by atoms with Crippen molar-refractivity contribution in [2.45, 2.75) is 39.2 Å². The van der Waals surface area contributed by atoms with Gasteiger partial charge in [-0.15, -0.1) is 5.92 Å². The Balaban J connectivity index is 4.72. The van der Waals surface area contributed by atoms with E-state index < -0.39 is 17.4 Å². The molecule has 0 aliphatic heterocycles. The molecule has 3 N–H and O–H groups in total. The summed E-state index contributed by atoms with van der Waals surface area (Å²) in [7, 11) is 0. The molecule has 0 bridgehead atoms. The Bertz CT molecular complexity index is 395. The summed E-state index contributed by atoms with van der Waals surface area (Å²) >= 11 is 0. The van der Waals surface area contributed by atoms with Gasteiger partial charge in [0.2, 0.25) is 11.8 Å². The number of carboxylic acids is 1. The van der Waals surface area contributed by atoms with Crippen LogP contribution in [0.3, 0.4) is 0 Å². The van der Waals surface area contributed by atoms with E-state index >= 15 is 0 Å². The van der Waals surface area contributed by atoms with Crippen molar-refractivity contribution in [3.63, 3.8) is 0 Å². The van der Waals surface area contributed by atoms with Crippen LogP contribution in [-0.4, -0.2) is 35.0 Å². The lowest BCUT2D eigenvalue weighted by molar-refractivity contribution is -0.144. The van der Waals surface area contributed by atoms with Crippen molar-refractivity contribution >= 4 is 17.8 Å². The number of amides is 2. The quantitative estimate of drug-likeness (QED) is 0.455. The van der Waals surface area contributed by atoms with E-state index in [1.807, 2.05) is 0 Å². The monoisotopic (exact) mass is 254 g/mol. The normalized spacial score (nSPS) is 12.6. The van der Waals surface area contributed by atoms with E-state index in [0.29, 0.717) is 13.0 Å². The highest BCUT2D eigenvalue weighted by Gasteiger charge is 2.37. The molecule has 100 valence electrons. The van der Waals surface area contributed by atoms with Crippen LogP contribution in [0.25, 0.3) is 0 Å². The van der Waals surface area contributed by atoms with Gasteiger partial charge in [0, 0.05) is 20.4 Å². The molecule has 1 atom stereocenters. The van der Waals surface area contributed by atoms with Crippen LogP contribution >= 0.6 is 0 Å². The average Bonchev–Trinajstić information content (AvgIpc) is 2.23. The van der Waals surface area contributed by atoms with Crippen molar-refractivity contribution in [2.24, 2.45) is 0 Å². The van der Waals surface area contributed by atoms with Crippen LogP contribution in [-0.2, 0) is 14.4 Å². The summed E-state index contributed by atoms with van der Waals surface area (Å²) in [6.07, 6.45) is 0.532. The number of rotatable bonds is 6. The Labute approximate surface area is 106 Å². The van der Waals surface area contributed by atoms with Gasteiger partial charge in [-0.25, -0.2) is 4.79 Å². The number of hydrogen-bond donors (Lipinski definition) is 3. The van der Waals surface area contributed by atoms with Gasteiger partial charge in [0.25, 0.3) is 0 Å². The molecular weight excluding hydrogens is 236 g/mol. The standard InChI is InChI=1S/C12H18N2O4/c1-4-6-12(11(17)18,14-10(3)16)7-5-8-13-9(2)15/h5,7-8H2,1-3H3,(H,13,15)(H,14,16)(H,17,18). The highest BCUT2D eigenvalue weighted by molar-refractivity contribution is 5.89. The molecule has 0 radical (unpaired) electrons. The molecule has 0 fully saturated rings. The minimum absolute atomic E-state index is 0.128. The Kier molecular flexibility index (Phi) is 6.50. The number of hydrogen-bond acceptors (Lipinski definition) is 3. The number of carbonyl (C=O) groups is 3. The zero-order valence-corrected chi connectivity index (χ0v) is 10.8. The van der Waals surface area contributed by atoms with E-state index in [1.165, 1.54) is 20.8 Å². The first-order valence-corrected chi connectivity index (χ1v) is 5.54. The van der Waals surface area contributed by atoms with Crippen LogP contribution < -0.4 is 10.6 Å². The van der Waals surface area contributed by atoms with E-state index in [4.69, 9.17) is 0 Å². The molecule has 6 heteroatoms. The van der Waals surface area contributed by atoms with Gasteiger partial charge in [-0.05, 0) is 19.8 Å². The molecule has 0 spiro atoms. The summed E-state index contributed by atoms with van der Waals surface area (Å²) in [5, 5.41) is 14.1. The van der Waals surface area contributed by atoms with Gasteiger partial charge in [-0.1, -0.05) is 5.92 Å². The van der Waals surface area contributed by atoms with Crippen molar-refractivity contribution in [1.82, 2.24) is 10.6 Å². The molecule has 1 unspecified atom stereocenters. The molecule has 0 rings (SSSR count). The first-order valence-electron chi connectivity index (χ1n) is 5.54. The topological polar surface area (TPSA) is 95.5 Å². The van der Waals surface area contributed by atoms with Crippen LogP contribution in [0.2, 0.25) is 0 Å². The fraction of sp³-hybridized carbons (Fsp3) is 0.583. The molecule has 2 amide bonds. The molecule has 0 aromatic heterocycles. The van der Waals surface area contributed by atoms with Crippen molar-refractivity contribution in [3.8, 4) is 11.8 Å². The average molecular weight is 254 g/mol. The second kappa shape index (κ2) is 7.33. The van der Waals surface area contributed by atoms with Crippen molar-refractivity contribution in [1.29, 1.82) is 0 Å². The first kappa shape index (κ1) is 16.0. The molecule has 0 saturated carbocycles. The van der Waals surface area contributed by atoms with E-state index in [2.05, 4.69) is 22.5 Å². The van der Waals surface area contributed by atoms with Crippen molar-refractivity contribution in [3.05, 3.63) is 0 Å². The van der Waals surface area contributed by atoms with Gasteiger partial charge in [0.15, 0.2) is 5.54 Å². The van der Waals surface area contributed by atoms with Crippen molar-refractivity contribution < 1.29 is 19.5 Å². The lowest BCUT2D eigenvalue weighted by Crippen LogP contribution is -2.53. The summed E-state index contributed by atoms with van der Waals surface area (Å²) in [5.41, 5.74) is -1.58. The van der Waals surface area contributed by atoms with Gasteiger partial charge in [-0.2, -0.15) is 0 Å². The summed E-state index contributed by atoms with van der Waals surface area (Å²) in [6, 6.07) is 0. The van der Waals surface area contributed by atoms with Gasteiger partial charge in [0.05, 0.1) is 0 Å². The SMILES string of the molecule is CC#CC(CCCNC(C)=O)(NC(C)=O)C(=O)O. The largest absolute Gasteiger partial charge is 0.479 e. The molecule has 0 heterocycles. The maximum atomic E-state index is 11.3. The van der Waals surface area contributed by atoms with Gasteiger partial charge >= 0.3 is 5.97 Å². The summed E-state index contributed by atoms with van der Waals surface area (Å²) in [4.78, 5) is 33.0. The summed E-state index contributed by atoms with van der Waals surface area (Å²) < 4.78 is 0. The highest BCUT2D eigenvalue weighted by atomic mass is 16.4. The summed E-state index contributed by atoms with van der Waals surface area (Å²) in [6.45, 7) is 4.47. The van der Waals surface area contributed by atoms with Gasteiger partial charge in [0.1, 0.15) is 0 Å². The molecule has 0 saturated heterocycles. The van der Waals surface area contributed by atoms with Crippen molar-refractivity contribution in [2.75, 3.05) is 6.54 Å². The number of nitrogens with one attached hydrogen (secondary N) is 2. The van der Waals surface area contributed by atoms with E-state index in [0.717, 1.165) is 0 Å². The molecule has 0 aromatic rings. The smallest absolute Gasteiger partial charge is 0.342 e. The maximum absolute atomic E-state index is 11.3. The Morgan fingerprint density at radius 1 is 1.22 bits per heavy atom. The van der Waals surface area contributed by atoms with Gasteiger partial charge < -0.3 is 15.7 Å². The molecular formula is C12H18N2O4.